The Bertz CT molecular complexity index is 3660. The highest BCUT2D eigenvalue weighted by molar-refractivity contribution is 6.09. The summed E-state index contributed by atoms with van der Waals surface area (Å²) < 4.78 is 117. The second-order valence-corrected chi connectivity index (χ2v) is 14.7. The Morgan fingerprint density at radius 2 is 1.38 bits per heavy atom. The predicted octanol–water partition coefficient (Wildman–Crippen LogP) is 12.3. The zero-order chi connectivity index (χ0) is 49.7. The van der Waals surface area contributed by atoms with E-state index in [1.54, 1.807) is 82.2 Å². The van der Waals surface area contributed by atoms with E-state index < -0.39 is 72.2 Å². The van der Waals surface area contributed by atoms with Gasteiger partial charge in [-0.3, -0.25) is 13.7 Å². The van der Waals surface area contributed by atoms with Crippen LogP contribution >= 0.6 is 0 Å². The topological polar surface area (TPSA) is 48.8 Å². The Labute approximate surface area is 354 Å². The quantitative estimate of drug-likeness (QED) is 0.114. The molecule has 4 aromatic heterocycles. The third kappa shape index (κ3) is 6.48. The molecule has 4 heterocycles. The van der Waals surface area contributed by atoms with Crippen LogP contribution in [0.15, 0.2) is 182 Å². The molecule has 10 aromatic rings. The van der Waals surface area contributed by atoms with Crippen molar-refractivity contribution in [3.63, 3.8) is 0 Å². The first-order chi connectivity index (χ1) is 33.3. The van der Waals surface area contributed by atoms with Crippen LogP contribution in [0, 0.1) is 11.7 Å². The molecule has 6 heteroatoms. The van der Waals surface area contributed by atoms with Crippen LogP contribution in [0.4, 0.5) is 0 Å². The van der Waals surface area contributed by atoms with Crippen molar-refractivity contribution in [3.05, 3.63) is 194 Å². The van der Waals surface area contributed by atoms with E-state index in [1.165, 1.54) is 0 Å². The van der Waals surface area contributed by atoms with E-state index in [-0.39, 0.29) is 33.8 Å². The number of nitrogens with zero attached hydrogens (tertiary/aromatic N) is 5. The standard InChI is InChI=1S/C52H41N5O/c1-52(2,3)33-36-28-29-53-49(30-36)57-45-25-11-10-22-43(45)44-34-54-50(32-48(44)57)58-40-21-14-20-39(31-40)55-35-56(47-27-13-12-26-46(47)55)51-41(37-16-6-4-7-17-37)23-15-24-42(51)38-18-8-5-9-19-38/h4-32,34H,33H2,1-3H3/i4D,5D,6D,7D,8D,9D,16D,17D,18D,19D,33D2. The highest BCUT2D eigenvalue weighted by Gasteiger charge is 2.21. The number of imidazole rings is 1. The largest absolute Gasteiger partial charge is 0.439 e. The zero-order valence-electron chi connectivity index (χ0n) is 43.7. The number of para-hydroxylation sites is 4. The lowest BCUT2D eigenvalue weighted by Crippen LogP contribution is -2.31. The fraction of sp³-hybridized carbons (Fsp3) is 0.0962. The molecule has 0 unspecified atom stereocenters. The maximum Gasteiger partial charge on any atom is 0.269 e. The van der Waals surface area contributed by atoms with Gasteiger partial charge in [0.25, 0.3) is 6.33 Å². The molecule has 10 rings (SSSR count). The summed E-state index contributed by atoms with van der Waals surface area (Å²) in [5.41, 5.74) is 3.23. The molecule has 280 valence electrons. The lowest BCUT2D eigenvalue weighted by atomic mass is 9.88. The summed E-state index contributed by atoms with van der Waals surface area (Å²) in [6, 6.07) is 26.9. The molecule has 58 heavy (non-hydrogen) atoms. The average molecular weight is 764 g/mol. The SMILES string of the molecule is [2H]c1c([2H])c([2H])c(-c2cccc(-c3c([2H])c([2H])c([2H])c([2H])c3[2H])c2-[n+]2[c-]n(-c3cccc(Oc4cc5c(cn4)c4ccccc4n5-c4cc(C([2H])([2H])C(C)(C)C)ccn4)c3)c3ccccc32)c([2H])c1[2H]. The van der Waals surface area contributed by atoms with Gasteiger partial charge in [0, 0.05) is 32.0 Å². The van der Waals surface area contributed by atoms with Gasteiger partial charge >= 0.3 is 0 Å². The van der Waals surface area contributed by atoms with E-state index in [9.17, 15) is 0 Å². The van der Waals surface area contributed by atoms with Crippen LogP contribution in [0.1, 0.15) is 42.8 Å². The zero-order valence-corrected chi connectivity index (χ0v) is 31.7. The van der Waals surface area contributed by atoms with Gasteiger partial charge in [0.2, 0.25) is 5.88 Å². The maximum atomic E-state index is 8.99. The number of fused-ring (bicyclic) bond motifs is 4. The fourth-order valence-electron chi connectivity index (χ4n) is 7.38. The van der Waals surface area contributed by atoms with Gasteiger partial charge in [0.1, 0.15) is 11.6 Å². The Morgan fingerprint density at radius 1 is 0.690 bits per heavy atom. The summed E-state index contributed by atoms with van der Waals surface area (Å²) in [6.07, 6.45) is 5.10. The smallest absolute Gasteiger partial charge is 0.269 e. The van der Waals surface area contributed by atoms with Gasteiger partial charge in [-0.2, -0.15) is 0 Å². The van der Waals surface area contributed by atoms with Crippen LogP contribution in [-0.2, 0) is 6.37 Å². The molecular weight excluding hydrogens is 711 g/mol. The van der Waals surface area contributed by atoms with Crippen LogP contribution in [0.2, 0.25) is 0 Å². The summed E-state index contributed by atoms with van der Waals surface area (Å²) >= 11 is 0. The van der Waals surface area contributed by atoms with E-state index in [0.717, 1.165) is 21.8 Å². The van der Waals surface area contributed by atoms with E-state index in [4.69, 9.17) is 31.2 Å². The van der Waals surface area contributed by atoms with Crippen molar-refractivity contribution >= 4 is 32.8 Å². The minimum absolute atomic E-state index is 0.135. The monoisotopic (exact) mass is 763 g/mol. The molecule has 6 aromatic carbocycles. The van der Waals surface area contributed by atoms with Crippen LogP contribution < -0.4 is 9.30 Å². The predicted molar refractivity (Wildman–Crippen MR) is 234 cm³/mol. The number of rotatable bonds is 8. The summed E-state index contributed by atoms with van der Waals surface area (Å²) in [4.78, 5) is 9.42. The minimum atomic E-state index is -1.66. The van der Waals surface area contributed by atoms with Gasteiger partial charge in [-0.25, -0.2) is 9.97 Å². The molecule has 0 atom stereocenters. The summed E-state index contributed by atoms with van der Waals surface area (Å²) in [5.74, 6) is 1.20. The van der Waals surface area contributed by atoms with Gasteiger partial charge < -0.3 is 4.74 Å². The Balaban J connectivity index is 1.13. The normalized spacial score (nSPS) is 14.9. The van der Waals surface area contributed by atoms with Gasteiger partial charge in [-0.15, -0.1) is 0 Å². The highest BCUT2D eigenvalue weighted by Crippen LogP contribution is 2.36. The van der Waals surface area contributed by atoms with E-state index in [1.807, 2.05) is 73.9 Å². The molecule has 0 fully saturated rings. The van der Waals surface area contributed by atoms with Gasteiger partial charge in [0.05, 0.1) is 47.1 Å². The molecule has 0 saturated carbocycles. The minimum Gasteiger partial charge on any atom is -0.439 e. The second kappa shape index (κ2) is 14.3. The number of aromatic nitrogens is 5. The van der Waals surface area contributed by atoms with Crippen molar-refractivity contribution in [2.45, 2.75) is 27.1 Å². The number of benzene rings is 6. The Kier molecular flexibility index (Phi) is 6.01. The van der Waals surface area contributed by atoms with Crippen molar-refractivity contribution < 1.29 is 25.8 Å². The van der Waals surface area contributed by atoms with Crippen molar-refractivity contribution in [2.75, 3.05) is 0 Å². The third-order valence-corrected chi connectivity index (χ3v) is 9.69. The first kappa shape index (κ1) is 24.4. The molecule has 0 aliphatic heterocycles. The fourth-order valence-corrected chi connectivity index (χ4v) is 7.38. The van der Waals surface area contributed by atoms with Gasteiger partial charge in [-0.1, -0.05) is 148 Å². The lowest BCUT2D eigenvalue weighted by Gasteiger charge is -2.18. The van der Waals surface area contributed by atoms with E-state index in [0.29, 0.717) is 33.9 Å². The number of pyridine rings is 2. The summed E-state index contributed by atoms with van der Waals surface area (Å²) in [5, 5.41) is 1.77. The molecule has 0 amide bonds. The second-order valence-electron chi connectivity index (χ2n) is 14.7. The summed E-state index contributed by atoms with van der Waals surface area (Å²) in [7, 11) is 0. The third-order valence-electron chi connectivity index (χ3n) is 9.69. The van der Waals surface area contributed by atoms with Crippen LogP contribution in [0.5, 0.6) is 11.6 Å². The number of hydrogen-bond acceptors (Lipinski definition) is 3. The van der Waals surface area contributed by atoms with Crippen molar-refractivity contribution in [2.24, 2.45) is 5.41 Å². The average Bonchev–Trinajstić information content (AvgIpc) is 3.90. The highest BCUT2D eigenvalue weighted by atomic mass is 16.5. The van der Waals surface area contributed by atoms with Crippen molar-refractivity contribution in [1.82, 2.24) is 19.1 Å². The molecule has 0 aliphatic rings. The summed E-state index contributed by atoms with van der Waals surface area (Å²) in [6.45, 7) is 5.60. The first-order valence-electron chi connectivity index (χ1n) is 24.7. The van der Waals surface area contributed by atoms with Gasteiger partial charge in [-0.05, 0) is 76.0 Å². The van der Waals surface area contributed by atoms with Crippen molar-refractivity contribution in [3.8, 4) is 51.1 Å². The Morgan fingerprint density at radius 3 is 2.12 bits per heavy atom. The van der Waals surface area contributed by atoms with Gasteiger partial charge in [0.15, 0.2) is 0 Å². The van der Waals surface area contributed by atoms with E-state index >= 15 is 0 Å². The molecule has 0 N–H and O–H groups in total. The molecular formula is C52H41N5O. The van der Waals surface area contributed by atoms with Crippen molar-refractivity contribution in [1.29, 1.82) is 0 Å². The van der Waals surface area contributed by atoms with E-state index in [2.05, 4.69) is 6.33 Å². The molecule has 0 bridgehead atoms. The van der Waals surface area contributed by atoms with Crippen LogP contribution in [-0.4, -0.2) is 19.1 Å². The maximum absolute atomic E-state index is 8.99. The molecule has 0 radical (unpaired) electrons. The number of ether oxygens (including phenoxy) is 1. The van der Waals surface area contributed by atoms with Crippen LogP contribution in [0.25, 0.3) is 72.3 Å². The Hall–Kier alpha value is -7.31. The molecule has 6 nitrogen and oxygen atoms in total. The molecule has 0 saturated heterocycles. The first-order valence-corrected chi connectivity index (χ1v) is 18.7. The lowest BCUT2D eigenvalue weighted by molar-refractivity contribution is -0.571. The number of hydrogen-bond donors (Lipinski definition) is 0. The van der Waals surface area contributed by atoms with Crippen LogP contribution in [0.3, 0.4) is 0 Å². The molecule has 0 spiro atoms. The molecule has 0 aliphatic carbocycles.